The molecule has 2 heterocycles. The lowest BCUT2D eigenvalue weighted by Crippen LogP contribution is -2.07. The van der Waals surface area contributed by atoms with Crippen molar-refractivity contribution in [2.24, 2.45) is 0 Å². The lowest BCUT2D eigenvalue weighted by Gasteiger charge is -2.08. The van der Waals surface area contributed by atoms with Gasteiger partial charge < -0.3 is 5.11 Å². The van der Waals surface area contributed by atoms with E-state index in [-0.39, 0.29) is 17.2 Å². The Hall–Kier alpha value is -4.13. The predicted molar refractivity (Wildman–Crippen MR) is 124 cm³/mol. The number of carbonyl (C=O) groups excluding carboxylic acids is 1. The summed E-state index contributed by atoms with van der Waals surface area (Å²) in [5.41, 5.74) is 3.10. The molecule has 0 saturated carbocycles. The van der Waals surface area contributed by atoms with E-state index in [2.05, 4.69) is 22.0 Å². The number of unbranched alkanes of at least 4 members (excludes halogenated alkanes) is 1. The molecule has 0 aliphatic heterocycles. The van der Waals surface area contributed by atoms with E-state index in [0.717, 1.165) is 29.8 Å². The van der Waals surface area contributed by atoms with E-state index in [1.54, 1.807) is 18.3 Å². The fraction of sp³-hybridized carbons (Fsp3) is 0.192. The van der Waals surface area contributed by atoms with Crippen LogP contribution in [-0.2, 0) is 13.0 Å². The fourth-order valence-electron chi connectivity index (χ4n) is 3.60. The van der Waals surface area contributed by atoms with Crippen LogP contribution >= 0.6 is 0 Å². The van der Waals surface area contributed by atoms with Gasteiger partial charge in [-0.15, -0.1) is 5.10 Å². The van der Waals surface area contributed by atoms with Gasteiger partial charge in [0, 0.05) is 36.5 Å². The van der Waals surface area contributed by atoms with Gasteiger partial charge >= 0.3 is 5.97 Å². The number of ketones is 1. The Morgan fingerprint density at radius 2 is 1.76 bits per heavy atom. The van der Waals surface area contributed by atoms with Crippen molar-refractivity contribution >= 4 is 11.8 Å². The van der Waals surface area contributed by atoms with Gasteiger partial charge in [0.2, 0.25) is 11.6 Å². The topological polar surface area (TPSA) is 98.0 Å². The molecule has 2 aromatic carbocycles. The van der Waals surface area contributed by atoms with Crippen LogP contribution in [0.4, 0.5) is 0 Å². The van der Waals surface area contributed by atoms with E-state index >= 15 is 0 Å². The van der Waals surface area contributed by atoms with Gasteiger partial charge in [-0.25, -0.2) is 14.5 Å². The number of hydrogen-bond acceptors (Lipinski definition) is 5. The van der Waals surface area contributed by atoms with E-state index in [1.807, 2.05) is 47.1 Å². The Labute approximate surface area is 191 Å². The van der Waals surface area contributed by atoms with Crippen molar-refractivity contribution in [1.29, 1.82) is 0 Å². The number of aromatic carboxylic acids is 1. The molecule has 7 heteroatoms. The summed E-state index contributed by atoms with van der Waals surface area (Å²) in [5.74, 6) is -0.259. The molecule has 2 aromatic heterocycles. The summed E-state index contributed by atoms with van der Waals surface area (Å²) >= 11 is 0. The van der Waals surface area contributed by atoms with Gasteiger partial charge in [-0.05, 0) is 23.6 Å². The van der Waals surface area contributed by atoms with Crippen LogP contribution in [0.15, 0.2) is 73.1 Å². The number of carboxylic acids is 1. The Balaban J connectivity index is 1.60. The monoisotopic (exact) mass is 440 g/mol. The number of aryl methyl sites for hydroxylation is 1. The maximum absolute atomic E-state index is 12.8. The summed E-state index contributed by atoms with van der Waals surface area (Å²) < 4.78 is 1.82. The number of pyridine rings is 1. The van der Waals surface area contributed by atoms with Gasteiger partial charge in [-0.2, -0.15) is 0 Å². The Kier molecular flexibility index (Phi) is 6.69. The van der Waals surface area contributed by atoms with E-state index in [1.165, 1.54) is 12.3 Å². The minimum atomic E-state index is -0.990. The van der Waals surface area contributed by atoms with E-state index < -0.39 is 5.97 Å². The fourth-order valence-corrected chi connectivity index (χ4v) is 3.60. The molecule has 0 saturated heterocycles. The standard InChI is InChI=1S/C26H24N4O3/c1-2-3-15-30-23(28-25(29-30)24(31)20-7-5-4-6-8-20)16-18-9-11-19(12-10-18)22-17-27-14-13-21(22)26(32)33/h4-14,17H,2-3,15-16H2,1H3,(H,32,33). The molecule has 0 aliphatic carbocycles. The third-order valence-electron chi connectivity index (χ3n) is 5.39. The number of benzene rings is 2. The first kappa shape index (κ1) is 22.1. The second-order valence-electron chi connectivity index (χ2n) is 7.72. The van der Waals surface area contributed by atoms with Gasteiger partial charge in [0.15, 0.2) is 0 Å². The summed E-state index contributed by atoms with van der Waals surface area (Å²) in [6.07, 6.45) is 5.48. The summed E-state index contributed by atoms with van der Waals surface area (Å²) in [5, 5.41) is 13.9. The number of aromatic nitrogens is 4. The molecule has 0 aliphatic rings. The number of nitrogens with zero attached hydrogens (tertiary/aromatic N) is 4. The highest BCUT2D eigenvalue weighted by atomic mass is 16.4. The van der Waals surface area contributed by atoms with Crippen LogP contribution in [0.3, 0.4) is 0 Å². The second-order valence-corrected chi connectivity index (χ2v) is 7.72. The van der Waals surface area contributed by atoms with Crippen molar-refractivity contribution in [2.75, 3.05) is 0 Å². The quantitative estimate of drug-likeness (QED) is 0.380. The van der Waals surface area contributed by atoms with Crippen LogP contribution in [-0.4, -0.2) is 36.6 Å². The van der Waals surface area contributed by atoms with E-state index in [0.29, 0.717) is 24.1 Å². The molecular weight excluding hydrogens is 416 g/mol. The molecule has 33 heavy (non-hydrogen) atoms. The molecule has 0 radical (unpaired) electrons. The van der Waals surface area contributed by atoms with Crippen LogP contribution in [0, 0.1) is 0 Å². The second kappa shape index (κ2) is 9.99. The van der Waals surface area contributed by atoms with Crippen LogP contribution in [0.2, 0.25) is 0 Å². The zero-order valence-electron chi connectivity index (χ0n) is 18.3. The lowest BCUT2D eigenvalue weighted by atomic mass is 10.00. The molecule has 1 N–H and O–H groups in total. The minimum Gasteiger partial charge on any atom is -0.478 e. The minimum absolute atomic E-state index is 0.194. The average Bonchev–Trinajstić information content (AvgIpc) is 3.25. The largest absolute Gasteiger partial charge is 0.478 e. The number of carboxylic acid groups (broad SMARTS) is 1. The highest BCUT2D eigenvalue weighted by molar-refractivity contribution is 6.06. The molecule has 0 fully saturated rings. The van der Waals surface area contributed by atoms with E-state index in [4.69, 9.17) is 0 Å². The summed E-state index contributed by atoms with van der Waals surface area (Å²) in [6, 6.07) is 18.1. The Bertz CT molecular complexity index is 1260. The first-order chi connectivity index (χ1) is 16.1. The van der Waals surface area contributed by atoms with Crippen molar-refractivity contribution in [3.05, 3.63) is 101 Å². The average molecular weight is 441 g/mol. The van der Waals surface area contributed by atoms with Crippen LogP contribution < -0.4 is 0 Å². The maximum Gasteiger partial charge on any atom is 0.336 e. The van der Waals surface area contributed by atoms with Crippen molar-refractivity contribution in [3.8, 4) is 11.1 Å². The van der Waals surface area contributed by atoms with E-state index in [9.17, 15) is 14.7 Å². The molecule has 0 atom stereocenters. The summed E-state index contributed by atoms with van der Waals surface area (Å²) in [4.78, 5) is 33.0. The van der Waals surface area contributed by atoms with Crippen molar-refractivity contribution in [3.63, 3.8) is 0 Å². The molecule has 0 unspecified atom stereocenters. The third-order valence-corrected chi connectivity index (χ3v) is 5.39. The van der Waals surface area contributed by atoms with Crippen LogP contribution in [0.1, 0.15) is 57.7 Å². The molecular formula is C26H24N4O3. The van der Waals surface area contributed by atoms with Crippen molar-refractivity contribution in [2.45, 2.75) is 32.7 Å². The molecule has 4 aromatic rings. The smallest absolute Gasteiger partial charge is 0.336 e. The third kappa shape index (κ3) is 5.03. The van der Waals surface area contributed by atoms with Gasteiger partial charge in [0.1, 0.15) is 5.82 Å². The molecule has 7 nitrogen and oxygen atoms in total. The number of rotatable bonds is 9. The molecule has 0 spiro atoms. The zero-order valence-corrected chi connectivity index (χ0v) is 18.3. The maximum atomic E-state index is 12.8. The first-order valence-electron chi connectivity index (χ1n) is 10.9. The van der Waals surface area contributed by atoms with Crippen molar-refractivity contribution < 1.29 is 14.7 Å². The first-order valence-corrected chi connectivity index (χ1v) is 10.9. The molecule has 0 bridgehead atoms. The van der Waals surface area contributed by atoms with Crippen LogP contribution in [0.25, 0.3) is 11.1 Å². The Morgan fingerprint density at radius 1 is 1.00 bits per heavy atom. The normalized spacial score (nSPS) is 10.8. The zero-order chi connectivity index (χ0) is 23.2. The van der Waals surface area contributed by atoms with Gasteiger partial charge in [0.25, 0.3) is 0 Å². The van der Waals surface area contributed by atoms with Crippen molar-refractivity contribution in [1.82, 2.24) is 19.7 Å². The number of carbonyl (C=O) groups is 2. The van der Waals surface area contributed by atoms with Gasteiger partial charge in [-0.3, -0.25) is 9.78 Å². The highest BCUT2D eigenvalue weighted by Crippen LogP contribution is 2.24. The molecule has 166 valence electrons. The van der Waals surface area contributed by atoms with Crippen LogP contribution in [0.5, 0.6) is 0 Å². The molecule has 4 rings (SSSR count). The summed E-state index contributed by atoms with van der Waals surface area (Å²) in [7, 11) is 0. The summed E-state index contributed by atoms with van der Waals surface area (Å²) in [6.45, 7) is 2.80. The van der Waals surface area contributed by atoms with Gasteiger partial charge in [0.05, 0.1) is 5.56 Å². The highest BCUT2D eigenvalue weighted by Gasteiger charge is 2.18. The predicted octanol–water partition coefficient (Wildman–Crippen LogP) is 4.66. The van der Waals surface area contributed by atoms with Gasteiger partial charge in [-0.1, -0.05) is 67.9 Å². The number of hydrogen-bond donors (Lipinski definition) is 1. The molecule has 0 amide bonds. The Morgan fingerprint density at radius 3 is 2.45 bits per heavy atom. The SMILES string of the molecule is CCCCn1nc(C(=O)c2ccccc2)nc1Cc1ccc(-c2cnccc2C(=O)O)cc1. The lowest BCUT2D eigenvalue weighted by molar-refractivity contribution is 0.0697.